The maximum Gasteiger partial charge on any atom is 0.244 e. The smallest absolute Gasteiger partial charge is 0.244 e. The van der Waals surface area contributed by atoms with Crippen molar-refractivity contribution in [2.45, 2.75) is 32.1 Å². The molecule has 1 aromatic heterocycles. The second kappa shape index (κ2) is 6.10. The van der Waals surface area contributed by atoms with Gasteiger partial charge in [0.05, 0.1) is 0 Å². The molecule has 0 bridgehead atoms. The van der Waals surface area contributed by atoms with Crippen molar-refractivity contribution in [3.63, 3.8) is 0 Å². The number of piperidine rings is 1. The second-order valence-corrected chi connectivity index (χ2v) is 7.45. The van der Waals surface area contributed by atoms with Crippen LogP contribution in [0.1, 0.15) is 27.2 Å². The van der Waals surface area contributed by atoms with Gasteiger partial charge in [0.2, 0.25) is 10.0 Å². The van der Waals surface area contributed by atoms with Gasteiger partial charge in [-0.3, -0.25) is 0 Å². The first-order valence-electron chi connectivity index (χ1n) is 7.15. The third-order valence-electron chi connectivity index (χ3n) is 4.03. The average Bonchev–Trinajstić information content (AvgIpc) is 2.43. The van der Waals surface area contributed by atoms with Crippen molar-refractivity contribution < 1.29 is 8.42 Å². The first-order valence-corrected chi connectivity index (χ1v) is 8.59. The Morgan fingerprint density at radius 2 is 2.10 bits per heavy atom. The average molecular weight is 297 g/mol. The fraction of sp³-hybridized carbons (Fsp3) is 0.643. The van der Waals surface area contributed by atoms with E-state index < -0.39 is 10.0 Å². The van der Waals surface area contributed by atoms with E-state index in [9.17, 15) is 8.42 Å². The van der Waals surface area contributed by atoms with Crippen LogP contribution in [0, 0.1) is 11.8 Å². The molecule has 1 aliphatic rings. The molecule has 1 fully saturated rings. The zero-order chi connectivity index (χ0) is 14.8. The second-order valence-electron chi connectivity index (χ2n) is 5.52. The van der Waals surface area contributed by atoms with E-state index in [1.807, 2.05) is 6.92 Å². The molecule has 0 aromatic carbocycles. The number of nitrogens with one attached hydrogen (secondary N) is 1. The summed E-state index contributed by atoms with van der Waals surface area (Å²) in [7, 11) is -3.41. The molecule has 20 heavy (non-hydrogen) atoms. The first-order chi connectivity index (χ1) is 9.45. The van der Waals surface area contributed by atoms with E-state index in [0.29, 0.717) is 30.7 Å². The lowest BCUT2D eigenvalue weighted by molar-refractivity contribution is 0.212. The molecule has 0 aliphatic carbocycles. The van der Waals surface area contributed by atoms with Gasteiger partial charge in [0.25, 0.3) is 0 Å². The molecule has 0 amide bonds. The van der Waals surface area contributed by atoms with Crippen LogP contribution >= 0.6 is 0 Å². The highest BCUT2D eigenvalue weighted by Crippen LogP contribution is 2.27. The SMILES string of the molecule is CCNc1ccc(S(=O)(=O)N2CCC(C)C(C)C2)cn1. The van der Waals surface area contributed by atoms with Gasteiger partial charge in [-0.25, -0.2) is 13.4 Å². The van der Waals surface area contributed by atoms with Crippen LogP contribution in [0.15, 0.2) is 23.2 Å². The van der Waals surface area contributed by atoms with Gasteiger partial charge >= 0.3 is 0 Å². The van der Waals surface area contributed by atoms with Gasteiger partial charge in [0.1, 0.15) is 10.7 Å². The molecule has 2 rings (SSSR count). The summed E-state index contributed by atoms with van der Waals surface area (Å²) in [5.74, 6) is 1.68. The fourth-order valence-corrected chi connectivity index (χ4v) is 3.91. The van der Waals surface area contributed by atoms with E-state index in [0.717, 1.165) is 13.0 Å². The van der Waals surface area contributed by atoms with Crippen LogP contribution in [0.5, 0.6) is 0 Å². The monoisotopic (exact) mass is 297 g/mol. The molecule has 2 heterocycles. The van der Waals surface area contributed by atoms with Crippen LogP contribution in [-0.2, 0) is 10.0 Å². The molecule has 0 spiro atoms. The Morgan fingerprint density at radius 1 is 1.35 bits per heavy atom. The number of rotatable bonds is 4. The summed E-state index contributed by atoms with van der Waals surface area (Å²) >= 11 is 0. The quantitative estimate of drug-likeness (QED) is 0.925. The van der Waals surface area contributed by atoms with Gasteiger partial charge in [-0.1, -0.05) is 13.8 Å². The molecule has 5 nitrogen and oxygen atoms in total. The maximum absolute atomic E-state index is 12.6. The van der Waals surface area contributed by atoms with E-state index in [1.54, 1.807) is 16.4 Å². The summed E-state index contributed by atoms with van der Waals surface area (Å²) < 4.78 is 26.7. The highest BCUT2D eigenvalue weighted by molar-refractivity contribution is 7.89. The standard InChI is InChI=1S/C14H23N3O2S/c1-4-15-14-6-5-13(9-16-14)20(18,19)17-8-7-11(2)12(3)10-17/h5-6,9,11-12H,4,7-8,10H2,1-3H3,(H,15,16). The number of hydrogen-bond acceptors (Lipinski definition) is 4. The minimum atomic E-state index is -3.41. The van der Waals surface area contributed by atoms with E-state index >= 15 is 0 Å². The molecule has 1 saturated heterocycles. The van der Waals surface area contributed by atoms with Crippen molar-refractivity contribution >= 4 is 15.8 Å². The zero-order valence-corrected chi connectivity index (χ0v) is 13.2. The Hall–Kier alpha value is -1.14. The van der Waals surface area contributed by atoms with E-state index in [4.69, 9.17) is 0 Å². The Bertz CT molecular complexity index is 542. The minimum Gasteiger partial charge on any atom is -0.370 e. The number of pyridine rings is 1. The van der Waals surface area contributed by atoms with Gasteiger partial charge in [0, 0.05) is 25.8 Å². The Morgan fingerprint density at radius 3 is 2.65 bits per heavy atom. The molecular formula is C14H23N3O2S. The number of sulfonamides is 1. The van der Waals surface area contributed by atoms with E-state index in [2.05, 4.69) is 24.1 Å². The maximum atomic E-state index is 12.6. The highest BCUT2D eigenvalue weighted by atomic mass is 32.2. The largest absolute Gasteiger partial charge is 0.370 e. The summed E-state index contributed by atoms with van der Waals surface area (Å²) in [5, 5.41) is 3.06. The molecule has 0 saturated carbocycles. The molecule has 0 radical (unpaired) electrons. The van der Waals surface area contributed by atoms with Crippen molar-refractivity contribution in [3.8, 4) is 0 Å². The van der Waals surface area contributed by atoms with E-state index in [-0.39, 0.29) is 4.90 Å². The van der Waals surface area contributed by atoms with Crippen molar-refractivity contribution in [3.05, 3.63) is 18.3 Å². The number of nitrogens with zero attached hydrogens (tertiary/aromatic N) is 2. The Labute approximate surface area is 121 Å². The third-order valence-corrected chi connectivity index (χ3v) is 5.88. The number of aromatic nitrogens is 1. The zero-order valence-electron chi connectivity index (χ0n) is 12.3. The van der Waals surface area contributed by atoms with Crippen LogP contribution in [-0.4, -0.2) is 37.3 Å². The lowest BCUT2D eigenvalue weighted by Gasteiger charge is -2.34. The molecule has 112 valence electrons. The van der Waals surface area contributed by atoms with Gasteiger partial charge in [-0.2, -0.15) is 4.31 Å². The van der Waals surface area contributed by atoms with Crippen molar-refractivity contribution in [2.24, 2.45) is 11.8 Å². The first kappa shape index (κ1) is 15.3. The van der Waals surface area contributed by atoms with Gasteiger partial charge < -0.3 is 5.32 Å². The topological polar surface area (TPSA) is 62.3 Å². The molecular weight excluding hydrogens is 274 g/mol. The van der Waals surface area contributed by atoms with Crippen molar-refractivity contribution in [1.29, 1.82) is 0 Å². The van der Waals surface area contributed by atoms with Crippen LogP contribution < -0.4 is 5.32 Å². The third kappa shape index (κ3) is 3.12. The predicted molar refractivity (Wildman–Crippen MR) is 80.1 cm³/mol. The van der Waals surface area contributed by atoms with Crippen LogP contribution in [0.4, 0.5) is 5.82 Å². The minimum absolute atomic E-state index is 0.279. The summed E-state index contributed by atoms with van der Waals surface area (Å²) in [4.78, 5) is 4.43. The summed E-state index contributed by atoms with van der Waals surface area (Å²) in [6.07, 6.45) is 2.36. The summed E-state index contributed by atoms with van der Waals surface area (Å²) in [6.45, 7) is 8.23. The lowest BCUT2D eigenvalue weighted by Crippen LogP contribution is -2.42. The van der Waals surface area contributed by atoms with Gasteiger partial charge in [0.15, 0.2) is 0 Å². The van der Waals surface area contributed by atoms with Crippen molar-refractivity contribution in [2.75, 3.05) is 25.0 Å². The van der Waals surface area contributed by atoms with Crippen LogP contribution in [0.3, 0.4) is 0 Å². The van der Waals surface area contributed by atoms with Gasteiger partial charge in [-0.05, 0) is 37.3 Å². The van der Waals surface area contributed by atoms with Crippen molar-refractivity contribution in [1.82, 2.24) is 9.29 Å². The van der Waals surface area contributed by atoms with E-state index in [1.165, 1.54) is 6.20 Å². The molecule has 2 unspecified atom stereocenters. The predicted octanol–water partition coefficient (Wildman–Crippen LogP) is 2.18. The molecule has 1 aliphatic heterocycles. The van der Waals surface area contributed by atoms with Crippen LogP contribution in [0.2, 0.25) is 0 Å². The van der Waals surface area contributed by atoms with Gasteiger partial charge in [-0.15, -0.1) is 0 Å². The Balaban J connectivity index is 2.17. The summed E-state index contributed by atoms with van der Waals surface area (Å²) in [5.41, 5.74) is 0. The summed E-state index contributed by atoms with van der Waals surface area (Å²) in [6, 6.07) is 3.34. The Kier molecular flexibility index (Phi) is 4.65. The number of hydrogen-bond donors (Lipinski definition) is 1. The molecule has 2 atom stereocenters. The molecule has 6 heteroatoms. The van der Waals surface area contributed by atoms with Crippen LogP contribution in [0.25, 0.3) is 0 Å². The lowest BCUT2D eigenvalue weighted by atomic mass is 9.90. The molecule has 1 aromatic rings. The fourth-order valence-electron chi connectivity index (χ4n) is 2.41. The number of anilines is 1. The molecule has 1 N–H and O–H groups in total. The normalized spacial score (nSPS) is 24.6. The highest BCUT2D eigenvalue weighted by Gasteiger charge is 2.31.